The summed E-state index contributed by atoms with van der Waals surface area (Å²) < 4.78 is 0. The molecule has 0 spiro atoms. The first-order valence-corrected chi connectivity index (χ1v) is 12.2. The molecule has 0 aliphatic carbocycles. The van der Waals surface area contributed by atoms with Crippen molar-refractivity contribution in [2.75, 3.05) is 24.5 Å². The van der Waals surface area contributed by atoms with Gasteiger partial charge >= 0.3 is 0 Å². The van der Waals surface area contributed by atoms with Crippen molar-refractivity contribution in [3.8, 4) is 11.3 Å². The molecule has 2 aliphatic heterocycles. The van der Waals surface area contributed by atoms with Gasteiger partial charge in [0.25, 0.3) is 11.1 Å². The molecule has 3 N–H and O–H groups in total. The Kier molecular flexibility index (Phi) is 6.73. The van der Waals surface area contributed by atoms with Crippen LogP contribution in [0.5, 0.6) is 0 Å². The summed E-state index contributed by atoms with van der Waals surface area (Å²) >= 11 is 0.895. The number of hydrogen-bond acceptors (Lipinski definition) is 7. The molecule has 2 aliphatic rings. The van der Waals surface area contributed by atoms with Gasteiger partial charge in [0, 0.05) is 37.7 Å². The van der Waals surface area contributed by atoms with Crippen LogP contribution in [0.1, 0.15) is 24.1 Å². The highest BCUT2D eigenvalue weighted by molar-refractivity contribution is 8.18. The van der Waals surface area contributed by atoms with Crippen LogP contribution in [0.3, 0.4) is 0 Å². The van der Waals surface area contributed by atoms with E-state index in [4.69, 9.17) is 0 Å². The van der Waals surface area contributed by atoms with E-state index in [9.17, 15) is 9.59 Å². The van der Waals surface area contributed by atoms with Gasteiger partial charge in [0.05, 0.1) is 10.6 Å². The zero-order valence-electron chi connectivity index (χ0n) is 18.7. The van der Waals surface area contributed by atoms with Crippen LogP contribution in [0.15, 0.2) is 59.8 Å². The number of nitrogens with zero attached hydrogens (tertiary/aromatic N) is 3. The van der Waals surface area contributed by atoms with Crippen LogP contribution >= 0.6 is 11.8 Å². The van der Waals surface area contributed by atoms with Crippen molar-refractivity contribution >= 4 is 34.9 Å². The number of imide groups is 1. The number of H-pyrrole nitrogens is 1. The molecule has 2 fully saturated rings. The number of benzene rings is 1. The zero-order chi connectivity index (χ0) is 23.3. The highest BCUT2D eigenvalue weighted by atomic mass is 32.2. The molecular weight excluding hydrogens is 448 g/mol. The molecule has 174 valence electrons. The Hall–Kier alpha value is -3.43. The molecule has 2 saturated heterocycles. The summed E-state index contributed by atoms with van der Waals surface area (Å²) in [6, 6.07) is 14.5. The lowest BCUT2D eigenvalue weighted by Crippen LogP contribution is -2.38. The van der Waals surface area contributed by atoms with Gasteiger partial charge in [-0.25, -0.2) is 9.97 Å². The molecule has 2 aromatic heterocycles. The number of aromatic amines is 1. The minimum absolute atomic E-state index is 0.352. The largest absolute Gasteiger partial charge is 0.361 e. The van der Waals surface area contributed by atoms with Crippen molar-refractivity contribution in [1.29, 1.82) is 0 Å². The number of nitrogens with one attached hydrogen (secondary N) is 3. The lowest BCUT2D eigenvalue weighted by molar-refractivity contribution is -0.115. The molecule has 4 heterocycles. The summed E-state index contributed by atoms with van der Waals surface area (Å²) in [5.41, 5.74) is 4.24. The molecular formula is C25H26N6O2S. The summed E-state index contributed by atoms with van der Waals surface area (Å²) in [5, 5.41) is 5.53. The van der Waals surface area contributed by atoms with E-state index >= 15 is 0 Å². The second kappa shape index (κ2) is 10.2. The van der Waals surface area contributed by atoms with E-state index in [1.807, 2.05) is 12.3 Å². The average molecular weight is 475 g/mol. The predicted octanol–water partition coefficient (Wildman–Crippen LogP) is 3.80. The standard InChI is InChI=1S/C25H26N6O2S/c32-23-22(34-25(33)30-23)14-20-6-10-28-24(29-20)31-11-7-17(8-12-31)15-26-16-18-3-1-4-19(13-18)21-5-2-9-27-21/h1-6,9-10,13-14,17,26-27H,7-8,11-12,15-16H2,(H,30,32,33)/b22-14+. The lowest BCUT2D eigenvalue weighted by Gasteiger charge is -2.32. The van der Waals surface area contributed by atoms with E-state index in [2.05, 4.69) is 60.8 Å². The SMILES string of the molecule is O=C1NC(=O)/C(=C\c2ccnc(N3CCC(CNCc4cccc(-c5ccc[nH]5)c4)CC3)n2)S1. The Balaban J connectivity index is 1.11. The van der Waals surface area contributed by atoms with Gasteiger partial charge in [0.2, 0.25) is 5.95 Å². The van der Waals surface area contributed by atoms with Crippen LogP contribution < -0.4 is 15.5 Å². The average Bonchev–Trinajstić information content (AvgIpc) is 3.50. The number of amides is 2. The Morgan fingerprint density at radius 1 is 1.15 bits per heavy atom. The number of rotatable bonds is 7. The van der Waals surface area contributed by atoms with Crippen molar-refractivity contribution < 1.29 is 9.59 Å². The molecule has 8 nitrogen and oxygen atoms in total. The first kappa shape index (κ1) is 22.4. The fourth-order valence-corrected chi connectivity index (χ4v) is 4.93. The molecule has 34 heavy (non-hydrogen) atoms. The van der Waals surface area contributed by atoms with E-state index < -0.39 is 0 Å². The third kappa shape index (κ3) is 5.37. The van der Waals surface area contributed by atoms with Crippen LogP contribution in [0.2, 0.25) is 0 Å². The van der Waals surface area contributed by atoms with Crippen LogP contribution in [-0.2, 0) is 11.3 Å². The van der Waals surface area contributed by atoms with Gasteiger partial charge in [-0.2, -0.15) is 0 Å². The maximum absolute atomic E-state index is 11.8. The predicted molar refractivity (Wildman–Crippen MR) is 134 cm³/mol. The lowest BCUT2D eigenvalue weighted by atomic mass is 9.97. The third-order valence-electron chi connectivity index (χ3n) is 6.08. The van der Waals surface area contributed by atoms with Gasteiger partial charge in [-0.3, -0.25) is 14.9 Å². The van der Waals surface area contributed by atoms with E-state index in [-0.39, 0.29) is 11.1 Å². The summed E-state index contributed by atoms with van der Waals surface area (Å²) in [6.07, 6.45) is 7.41. The van der Waals surface area contributed by atoms with Gasteiger partial charge in [0.15, 0.2) is 0 Å². The minimum atomic E-state index is -0.375. The number of hydrogen-bond donors (Lipinski definition) is 3. The molecule has 1 aromatic carbocycles. The Labute approximate surface area is 202 Å². The van der Waals surface area contributed by atoms with Crippen molar-refractivity contribution in [3.63, 3.8) is 0 Å². The molecule has 0 saturated carbocycles. The quantitative estimate of drug-likeness (QED) is 0.448. The fourth-order valence-electron chi connectivity index (χ4n) is 4.27. The van der Waals surface area contributed by atoms with Crippen molar-refractivity contribution in [2.24, 2.45) is 5.92 Å². The zero-order valence-corrected chi connectivity index (χ0v) is 19.5. The highest BCUT2D eigenvalue weighted by Crippen LogP contribution is 2.26. The van der Waals surface area contributed by atoms with Crippen LogP contribution in [0, 0.1) is 5.92 Å². The van der Waals surface area contributed by atoms with Gasteiger partial charge in [0.1, 0.15) is 0 Å². The number of carbonyl (C=O) groups is 2. The van der Waals surface area contributed by atoms with Gasteiger partial charge in [-0.1, -0.05) is 18.2 Å². The Morgan fingerprint density at radius 2 is 2.03 bits per heavy atom. The van der Waals surface area contributed by atoms with Crippen molar-refractivity contribution in [3.05, 3.63) is 71.0 Å². The first-order valence-electron chi connectivity index (χ1n) is 11.4. The van der Waals surface area contributed by atoms with E-state index in [1.165, 1.54) is 11.1 Å². The number of thioether (sulfide) groups is 1. The van der Waals surface area contributed by atoms with E-state index in [0.29, 0.717) is 22.5 Å². The van der Waals surface area contributed by atoms with Crippen LogP contribution in [-0.4, -0.2) is 45.7 Å². The number of carbonyl (C=O) groups excluding carboxylic acids is 2. The topological polar surface area (TPSA) is 103 Å². The van der Waals surface area contributed by atoms with E-state index in [1.54, 1.807) is 18.3 Å². The molecule has 0 radical (unpaired) electrons. The van der Waals surface area contributed by atoms with Crippen molar-refractivity contribution in [2.45, 2.75) is 19.4 Å². The normalized spacial score (nSPS) is 18.0. The first-order chi connectivity index (χ1) is 16.6. The number of piperidine rings is 1. The summed E-state index contributed by atoms with van der Waals surface area (Å²) in [7, 11) is 0. The Bertz CT molecular complexity index is 1200. The number of aromatic nitrogens is 3. The molecule has 9 heteroatoms. The maximum atomic E-state index is 11.8. The van der Waals surface area contributed by atoms with Gasteiger partial charge in [-0.15, -0.1) is 0 Å². The summed E-state index contributed by atoms with van der Waals surface area (Å²) in [6.45, 7) is 3.61. The van der Waals surface area contributed by atoms with Gasteiger partial charge in [-0.05, 0) is 78.5 Å². The highest BCUT2D eigenvalue weighted by Gasteiger charge is 2.25. The van der Waals surface area contributed by atoms with Crippen molar-refractivity contribution in [1.82, 2.24) is 25.6 Å². The molecule has 0 atom stereocenters. The minimum Gasteiger partial charge on any atom is -0.361 e. The van der Waals surface area contributed by atoms with Gasteiger partial charge < -0.3 is 15.2 Å². The maximum Gasteiger partial charge on any atom is 0.290 e. The Morgan fingerprint density at radius 3 is 2.79 bits per heavy atom. The second-order valence-electron chi connectivity index (χ2n) is 8.48. The summed E-state index contributed by atoms with van der Waals surface area (Å²) in [4.78, 5) is 38.0. The molecule has 5 rings (SSSR count). The number of anilines is 1. The smallest absolute Gasteiger partial charge is 0.290 e. The molecule has 0 unspecified atom stereocenters. The molecule has 3 aromatic rings. The fraction of sp³-hybridized carbons (Fsp3) is 0.280. The van der Waals surface area contributed by atoms with E-state index in [0.717, 1.165) is 56.5 Å². The summed E-state index contributed by atoms with van der Waals surface area (Å²) in [5.74, 6) is 0.897. The second-order valence-corrected chi connectivity index (χ2v) is 9.49. The monoisotopic (exact) mass is 474 g/mol. The van der Waals surface area contributed by atoms with Crippen LogP contribution in [0.4, 0.5) is 10.7 Å². The third-order valence-corrected chi connectivity index (χ3v) is 6.89. The van der Waals surface area contributed by atoms with Crippen LogP contribution in [0.25, 0.3) is 17.3 Å². The molecule has 0 bridgehead atoms. The molecule has 2 amide bonds.